The number of hydrogen-bond acceptors (Lipinski definition) is 5. The number of carbonyl (C=O) groups excluding carboxylic acids is 1. The number of carbonyl (C=O) groups is 1. The maximum atomic E-state index is 12.6. The van der Waals surface area contributed by atoms with Crippen LogP contribution in [0.1, 0.15) is 25.2 Å². The van der Waals surface area contributed by atoms with Crippen molar-refractivity contribution in [1.82, 2.24) is 4.90 Å². The van der Waals surface area contributed by atoms with Gasteiger partial charge < -0.3 is 9.32 Å². The Bertz CT molecular complexity index is 778. The lowest BCUT2D eigenvalue weighted by atomic mass is 10.1. The summed E-state index contributed by atoms with van der Waals surface area (Å²) in [5.74, 6) is 0.653. The van der Waals surface area contributed by atoms with Crippen molar-refractivity contribution in [1.29, 1.82) is 0 Å². The third kappa shape index (κ3) is 3.96. The molecule has 0 atom stereocenters. The highest BCUT2D eigenvalue weighted by Gasteiger charge is 2.32. The van der Waals surface area contributed by atoms with Crippen LogP contribution in [0.2, 0.25) is 0 Å². The van der Waals surface area contributed by atoms with Crippen LogP contribution in [0, 0.1) is 0 Å². The number of furan rings is 1. The molecule has 1 saturated heterocycles. The molecule has 4 nitrogen and oxygen atoms in total. The molecule has 0 unspecified atom stereocenters. The maximum Gasteiger partial charge on any atom is 0.266 e. The molecule has 3 rings (SSSR count). The van der Waals surface area contributed by atoms with E-state index in [2.05, 4.69) is 30.9 Å². The predicted molar refractivity (Wildman–Crippen MR) is 107 cm³/mol. The smallest absolute Gasteiger partial charge is 0.266 e. The van der Waals surface area contributed by atoms with Crippen molar-refractivity contribution in [2.24, 2.45) is 0 Å². The van der Waals surface area contributed by atoms with E-state index < -0.39 is 0 Å². The van der Waals surface area contributed by atoms with Crippen LogP contribution in [-0.4, -0.2) is 28.2 Å². The zero-order valence-electron chi connectivity index (χ0n) is 14.3. The number of thiocarbonyl (C=S) groups is 1. The van der Waals surface area contributed by atoms with Gasteiger partial charge in [0.25, 0.3) is 5.91 Å². The van der Waals surface area contributed by atoms with Gasteiger partial charge in [0.05, 0.1) is 17.7 Å². The van der Waals surface area contributed by atoms with Gasteiger partial charge in [0.2, 0.25) is 0 Å². The second kappa shape index (κ2) is 7.89. The largest absolute Gasteiger partial charge is 0.467 e. The van der Waals surface area contributed by atoms with Crippen LogP contribution in [0.25, 0.3) is 6.08 Å². The maximum absolute atomic E-state index is 12.6. The molecule has 1 aromatic heterocycles. The van der Waals surface area contributed by atoms with Crippen molar-refractivity contribution < 1.29 is 9.21 Å². The van der Waals surface area contributed by atoms with Gasteiger partial charge in [-0.15, -0.1) is 0 Å². The van der Waals surface area contributed by atoms with Gasteiger partial charge in [-0.3, -0.25) is 9.69 Å². The fraction of sp³-hybridized carbons (Fsp3) is 0.263. The molecule has 1 amide bonds. The summed E-state index contributed by atoms with van der Waals surface area (Å²) in [5, 5.41) is 0. The lowest BCUT2D eigenvalue weighted by Gasteiger charge is -2.20. The quantitative estimate of drug-likeness (QED) is 0.550. The zero-order chi connectivity index (χ0) is 17.8. The molecule has 0 spiro atoms. The average Bonchev–Trinajstić information content (AvgIpc) is 3.22. The molecule has 1 aliphatic heterocycles. The van der Waals surface area contributed by atoms with E-state index in [1.807, 2.05) is 24.3 Å². The first-order chi connectivity index (χ1) is 12.1. The predicted octanol–water partition coefficient (Wildman–Crippen LogP) is 4.53. The molecule has 0 radical (unpaired) electrons. The molecule has 1 aromatic carbocycles. The van der Waals surface area contributed by atoms with Crippen LogP contribution in [0.3, 0.4) is 0 Å². The Hall–Kier alpha value is -2.05. The van der Waals surface area contributed by atoms with Gasteiger partial charge in [-0.1, -0.05) is 36.1 Å². The van der Waals surface area contributed by atoms with Gasteiger partial charge in [0.1, 0.15) is 10.1 Å². The number of benzene rings is 1. The summed E-state index contributed by atoms with van der Waals surface area (Å²) in [5.41, 5.74) is 2.18. The van der Waals surface area contributed by atoms with Crippen molar-refractivity contribution in [2.75, 3.05) is 18.0 Å². The highest BCUT2D eigenvalue weighted by molar-refractivity contribution is 8.26. The molecule has 2 aromatic rings. The average molecular weight is 373 g/mol. The molecular weight excluding hydrogens is 352 g/mol. The fourth-order valence-corrected chi connectivity index (χ4v) is 3.97. The fourth-order valence-electron chi connectivity index (χ4n) is 2.72. The first kappa shape index (κ1) is 17.8. The normalized spacial score (nSPS) is 16.1. The lowest BCUT2D eigenvalue weighted by molar-refractivity contribution is -0.122. The highest BCUT2D eigenvalue weighted by atomic mass is 32.2. The summed E-state index contributed by atoms with van der Waals surface area (Å²) in [7, 11) is 0. The van der Waals surface area contributed by atoms with E-state index in [9.17, 15) is 4.79 Å². The SMILES string of the molecule is CCN(CC)c1ccc(/C=C2/SC(=S)N(Cc3ccco3)C2=O)cc1. The van der Waals surface area contributed by atoms with Gasteiger partial charge in [-0.25, -0.2) is 0 Å². The Morgan fingerprint density at radius 3 is 2.52 bits per heavy atom. The summed E-state index contributed by atoms with van der Waals surface area (Å²) in [4.78, 5) is 17.1. The zero-order valence-corrected chi connectivity index (χ0v) is 15.9. The number of nitrogens with zero attached hydrogens (tertiary/aromatic N) is 2. The van der Waals surface area contributed by atoms with Crippen molar-refractivity contribution in [3.63, 3.8) is 0 Å². The second-order valence-corrected chi connectivity index (χ2v) is 7.29. The molecule has 0 N–H and O–H groups in total. The molecule has 0 saturated carbocycles. The lowest BCUT2D eigenvalue weighted by Crippen LogP contribution is -2.27. The first-order valence-corrected chi connectivity index (χ1v) is 9.47. The van der Waals surface area contributed by atoms with Crippen molar-refractivity contribution in [3.8, 4) is 0 Å². The Kier molecular flexibility index (Phi) is 5.60. The minimum Gasteiger partial charge on any atom is -0.467 e. The minimum atomic E-state index is -0.0702. The van der Waals surface area contributed by atoms with Gasteiger partial charge in [-0.2, -0.15) is 0 Å². The van der Waals surface area contributed by atoms with Crippen molar-refractivity contribution in [3.05, 3.63) is 58.9 Å². The van der Waals surface area contributed by atoms with E-state index in [0.717, 1.165) is 24.4 Å². The van der Waals surface area contributed by atoms with E-state index in [4.69, 9.17) is 16.6 Å². The van der Waals surface area contributed by atoms with Crippen LogP contribution < -0.4 is 4.90 Å². The number of hydrogen-bond donors (Lipinski definition) is 0. The highest BCUT2D eigenvalue weighted by Crippen LogP contribution is 2.33. The summed E-state index contributed by atoms with van der Waals surface area (Å²) in [6, 6.07) is 11.9. The first-order valence-electron chi connectivity index (χ1n) is 8.25. The molecule has 1 fully saturated rings. The topological polar surface area (TPSA) is 36.7 Å². The number of amides is 1. The molecular formula is C19H20N2O2S2. The van der Waals surface area contributed by atoms with E-state index >= 15 is 0 Å². The van der Waals surface area contributed by atoms with Crippen LogP contribution in [0.4, 0.5) is 5.69 Å². The van der Waals surface area contributed by atoms with E-state index in [1.54, 1.807) is 17.2 Å². The summed E-state index contributed by atoms with van der Waals surface area (Å²) >= 11 is 6.68. The summed E-state index contributed by atoms with van der Waals surface area (Å²) in [6.45, 7) is 6.60. The Morgan fingerprint density at radius 2 is 1.92 bits per heavy atom. The third-order valence-corrected chi connectivity index (χ3v) is 5.46. The second-order valence-electron chi connectivity index (χ2n) is 5.61. The van der Waals surface area contributed by atoms with Crippen LogP contribution >= 0.6 is 24.0 Å². The Labute approximate surface area is 157 Å². The van der Waals surface area contributed by atoms with Crippen LogP contribution in [0.15, 0.2) is 52.0 Å². The number of rotatable bonds is 6. The summed E-state index contributed by atoms with van der Waals surface area (Å²) in [6.07, 6.45) is 3.49. The van der Waals surface area contributed by atoms with Gasteiger partial charge in [0.15, 0.2) is 0 Å². The molecule has 0 bridgehead atoms. The monoisotopic (exact) mass is 372 g/mol. The summed E-state index contributed by atoms with van der Waals surface area (Å²) < 4.78 is 5.88. The van der Waals surface area contributed by atoms with E-state index in [1.165, 1.54) is 17.4 Å². The molecule has 1 aliphatic rings. The van der Waals surface area contributed by atoms with E-state index in [-0.39, 0.29) is 5.91 Å². The molecule has 130 valence electrons. The van der Waals surface area contributed by atoms with Gasteiger partial charge >= 0.3 is 0 Å². The van der Waals surface area contributed by atoms with Crippen molar-refractivity contribution >= 4 is 46.0 Å². The third-order valence-electron chi connectivity index (χ3n) is 4.09. The molecule has 25 heavy (non-hydrogen) atoms. The molecule has 6 heteroatoms. The Balaban J connectivity index is 1.75. The Morgan fingerprint density at radius 1 is 1.20 bits per heavy atom. The van der Waals surface area contributed by atoms with E-state index in [0.29, 0.717) is 15.8 Å². The number of thioether (sulfide) groups is 1. The van der Waals surface area contributed by atoms with Crippen LogP contribution in [-0.2, 0) is 11.3 Å². The number of anilines is 1. The standard InChI is InChI=1S/C19H20N2O2S2/c1-3-20(4-2)15-9-7-14(8-10-15)12-17-18(22)21(19(24)25-17)13-16-6-5-11-23-16/h5-12H,3-4,13H2,1-2H3/b17-12+. The van der Waals surface area contributed by atoms with Gasteiger partial charge in [-0.05, 0) is 49.8 Å². The van der Waals surface area contributed by atoms with Gasteiger partial charge in [0, 0.05) is 18.8 Å². The molecule has 0 aliphatic carbocycles. The van der Waals surface area contributed by atoms with Crippen LogP contribution in [0.5, 0.6) is 0 Å². The van der Waals surface area contributed by atoms with Crippen molar-refractivity contribution in [2.45, 2.75) is 20.4 Å². The minimum absolute atomic E-state index is 0.0702. The molecule has 2 heterocycles.